The second-order valence-electron chi connectivity index (χ2n) is 8.82. The van der Waals surface area contributed by atoms with Gasteiger partial charge in [0.25, 0.3) is 5.91 Å². The molecule has 35 heavy (non-hydrogen) atoms. The summed E-state index contributed by atoms with van der Waals surface area (Å²) in [7, 11) is 1.65. The van der Waals surface area contributed by atoms with Crippen LogP contribution in [0.1, 0.15) is 47.3 Å². The number of carbonyl (C=O) groups is 2. The lowest BCUT2D eigenvalue weighted by Gasteiger charge is -2.26. The molecule has 1 aliphatic rings. The molecule has 1 aliphatic heterocycles. The minimum Gasteiger partial charge on any atom is -0.497 e. The van der Waals surface area contributed by atoms with Crippen molar-refractivity contribution in [1.82, 2.24) is 15.2 Å². The predicted octanol–water partition coefficient (Wildman–Crippen LogP) is 5.31. The molecule has 0 aliphatic carbocycles. The zero-order valence-electron chi connectivity index (χ0n) is 20.0. The van der Waals surface area contributed by atoms with Crippen LogP contribution in [0.3, 0.4) is 0 Å². The minimum absolute atomic E-state index is 0.00104. The number of ether oxygens (including phenoxy) is 1. The Labute approximate surface area is 204 Å². The van der Waals surface area contributed by atoms with Gasteiger partial charge in [-0.25, -0.2) is 0 Å². The first kappa shape index (κ1) is 22.7. The molecule has 2 heterocycles. The van der Waals surface area contributed by atoms with Gasteiger partial charge in [0.2, 0.25) is 5.91 Å². The number of carbonyl (C=O) groups excluding carboxylic acids is 2. The topological polar surface area (TPSA) is 74.4 Å². The van der Waals surface area contributed by atoms with Crippen LogP contribution in [0.5, 0.6) is 5.75 Å². The Morgan fingerprint density at radius 3 is 2.69 bits per heavy atom. The number of hydrogen-bond donors (Lipinski definition) is 2. The van der Waals surface area contributed by atoms with Gasteiger partial charge in [0, 0.05) is 34.1 Å². The summed E-state index contributed by atoms with van der Waals surface area (Å²) in [6.07, 6.45) is 1.90. The van der Waals surface area contributed by atoms with E-state index in [9.17, 15) is 9.59 Å². The van der Waals surface area contributed by atoms with Gasteiger partial charge < -0.3 is 19.9 Å². The van der Waals surface area contributed by atoms with E-state index in [2.05, 4.69) is 23.3 Å². The van der Waals surface area contributed by atoms with Gasteiger partial charge in [0.05, 0.1) is 18.8 Å². The molecule has 0 radical (unpaired) electrons. The van der Waals surface area contributed by atoms with Crippen molar-refractivity contribution in [1.29, 1.82) is 0 Å². The largest absolute Gasteiger partial charge is 0.497 e. The molecule has 1 aromatic heterocycles. The van der Waals surface area contributed by atoms with E-state index < -0.39 is 6.04 Å². The van der Waals surface area contributed by atoms with Gasteiger partial charge in [-0.3, -0.25) is 9.59 Å². The van der Waals surface area contributed by atoms with Crippen LogP contribution in [0.2, 0.25) is 0 Å². The van der Waals surface area contributed by atoms with Crippen molar-refractivity contribution in [2.75, 3.05) is 20.2 Å². The molecule has 4 aromatic rings. The van der Waals surface area contributed by atoms with E-state index in [1.165, 1.54) is 0 Å². The maximum Gasteiger partial charge on any atom is 0.255 e. The maximum atomic E-state index is 13.6. The van der Waals surface area contributed by atoms with E-state index in [1.807, 2.05) is 66.7 Å². The predicted molar refractivity (Wildman–Crippen MR) is 138 cm³/mol. The van der Waals surface area contributed by atoms with Crippen molar-refractivity contribution >= 4 is 22.7 Å². The second kappa shape index (κ2) is 9.66. The second-order valence-corrected chi connectivity index (χ2v) is 8.82. The fourth-order valence-corrected chi connectivity index (χ4v) is 4.91. The number of aromatic nitrogens is 1. The summed E-state index contributed by atoms with van der Waals surface area (Å²) in [5.41, 5.74) is 5.38. The van der Waals surface area contributed by atoms with Crippen LogP contribution in [0, 0.1) is 0 Å². The van der Waals surface area contributed by atoms with Crippen molar-refractivity contribution in [2.24, 2.45) is 0 Å². The molecule has 6 nitrogen and oxygen atoms in total. The van der Waals surface area contributed by atoms with Crippen LogP contribution in [-0.4, -0.2) is 41.9 Å². The standard InChI is InChI=1S/C29H29N3O3/c1-3-4-16-30-25(33)18-32-28(21-12-5-6-13-22(21)29(32)34)26-23-14-7-8-15-24(23)31-27(26)19-10-9-11-20(17-19)35-2/h5-15,17,28,31H,3-4,16,18H2,1-2H3,(H,30,33). The third-order valence-corrected chi connectivity index (χ3v) is 6.60. The third-order valence-electron chi connectivity index (χ3n) is 6.60. The molecule has 1 unspecified atom stereocenters. The molecule has 178 valence electrons. The lowest BCUT2D eigenvalue weighted by molar-refractivity contribution is -0.122. The fraction of sp³-hybridized carbons (Fsp3) is 0.241. The number of H-pyrrole nitrogens is 1. The number of para-hydroxylation sites is 1. The summed E-state index contributed by atoms with van der Waals surface area (Å²) in [6.45, 7) is 2.69. The lowest BCUT2D eigenvalue weighted by atomic mass is 9.93. The van der Waals surface area contributed by atoms with Crippen molar-refractivity contribution in [3.05, 3.63) is 89.5 Å². The Morgan fingerprint density at radius 1 is 1.06 bits per heavy atom. The number of fused-ring (bicyclic) bond motifs is 2. The molecule has 0 saturated heterocycles. The van der Waals surface area contributed by atoms with Crippen LogP contribution in [0.4, 0.5) is 0 Å². The molecular formula is C29H29N3O3. The first-order valence-electron chi connectivity index (χ1n) is 12.0. The fourth-order valence-electron chi connectivity index (χ4n) is 4.91. The van der Waals surface area contributed by atoms with Gasteiger partial charge in [0.15, 0.2) is 0 Å². The third kappa shape index (κ3) is 4.16. The SMILES string of the molecule is CCCCNC(=O)CN1C(=O)c2ccccc2C1c1c(-c2cccc(OC)c2)[nH]c2ccccc12. The molecule has 0 spiro atoms. The van der Waals surface area contributed by atoms with Crippen molar-refractivity contribution in [2.45, 2.75) is 25.8 Å². The smallest absolute Gasteiger partial charge is 0.255 e. The van der Waals surface area contributed by atoms with Crippen molar-refractivity contribution < 1.29 is 14.3 Å². The summed E-state index contributed by atoms with van der Waals surface area (Å²) in [4.78, 5) is 31.7. The quantitative estimate of drug-likeness (QED) is 0.345. The van der Waals surface area contributed by atoms with Crippen LogP contribution in [-0.2, 0) is 4.79 Å². The molecule has 0 fully saturated rings. The summed E-state index contributed by atoms with van der Waals surface area (Å²) < 4.78 is 5.48. The number of amides is 2. The Morgan fingerprint density at radius 2 is 1.86 bits per heavy atom. The monoisotopic (exact) mass is 467 g/mol. The van der Waals surface area contributed by atoms with E-state index in [0.29, 0.717) is 12.1 Å². The Hall–Kier alpha value is -4.06. The number of nitrogens with one attached hydrogen (secondary N) is 2. The van der Waals surface area contributed by atoms with Gasteiger partial charge in [-0.05, 0) is 36.2 Å². The number of nitrogens with zero attached hydrogens (tertiary/aromatic N) is 1. The lowest BCUT2D eigenvalue weighted by Crippen LogP contribution is -2.40. The number of benzene rings is 3. The first-order chi connectivity index (χ1) is 17.1. The number of hydrogen-bond acceptors (Lipinski definition) is 3. The molecule has 3 aromatic carbocycles. The van der Waals surface area contributed by atoms with E-state index in [-0.39, 0.29) is 18.4 Å². The summed E-state index contributed by atoms with van der Waals surface area (Å²) in [5, 5.41) is 3.99. The average Bonchev–Trinajstić information content (AvgIpc) is 3.39. The number of methoxy groups -OCH3 is 1. The first-order valence-corrected chi connectivity index (χ1v) is 12.0. The Bertz CT molecular complexity index is 1390. The molecule has 2 amide bonds. The Balaban J connectivity index is 1.67. The van der Waals surface area contributed by atoms with Crippen molar-refractivity contribution in [3.8, 4) is 17.0 Å². The summed E-state index contributed by atoms with van der Waals surface area (Å²) in [6, 6.07) is 23.2. The molecule has 0 saturated carbocycles. The van der Waals surface area contributed by atoms with Crippen LogP contribution in [0.25, 0.3) is 22.2 Å². The van der Waals surface area contributed by atoms with Crippen LogP contribution >= 0.6 is 0 Å². The highest BCUT2D eigenvalue weighted by Crippen LogP contribution is 2.45. The van der Waals surface area contributed by atoms with Crippen LogP contribution in [0.15, 0.2) is 72.8 Å². The normalized spacial score (nSPS) is 14.9. The van der Waals surface area contributed by atoms with Gasteiger partial charge in [-0.1, -0.05) is 61.9 Å². The van der Waals surface area contributed by atoms with E-state index in [0.717, 1.165) is 51.9 Å². The highest BCUT2D eigenvalue weighted by molar-refractivity contribution is 6.03. The minimum atomic E-state index is -0.395. The van der Waals surface area contributed by atoms with Gasteiger partial charge in [0.1, 0.15) is 12.3 Å². The van der Waals surface area contributed by atoms with Gasteiger partial charge in [-0.2, -0.15) is 0 Å². The maximum absolute atomic E-state index is 13.6. The van der Waals surface area contributed by atoms with Crippen LogP contribution < -0.4 is 10.1 Å². The number of aromatic amines is 1. The molecular weight excluding hydrogens is 438 g/mol. The molecule has 2 N–H and O–H groups in total. The highest BCUT2D eigenvalue weighted by atomic mass is 16.5. The van der Waals surface area contributed by atoms with Crippen molar-refractivity contribution in [3.63, 3.8) is 0 Å². The summed E-state index contributed by atoms with van der Waals surface area (Å²) in [5.74, 6) is 0.479. The Kier molecular flexibility index (Phi) is 6.27. The van der Waals surface area contributed by atoms with E-state index >= 15 is 0 Å². The zero-order chi connectivity index (χ0) is 24.4. The highest BCUT2D eigenvalue weighted by Gasteiger charge is 2.40. The molecule has 6 heteroatoms. The van der Waals surface area contributed by atoms with E-state index in [1.54, 1.807) is 12.0 Å². The van der Waals surface area contributed by atoms with Gasteiger partial charge >= 0.3 is 0 Å². The number of rotatable bonds is 8. The molecule has 5 rings (SSSR count). The average molecular weight is 468 g/mol. The van der Waals surface area contributed by atoms with Gasteiger partial charge in [-0.15, -0.1) is 0 Å². The molecule has 0 bridgehead atoms. The number of unbranched alkanes of at least 4 members (excludes halogenated alkanes) is 1. The molecule has 1 atom stereocenters. The van der Waals surface area contributed by atoms with E-state index in [4.69, 9.17) is 4.74 Å². The summed E-state index contributed by atoms with van der Waals surface area (Å²) >= 11 is 0. The zero-order valence-corrected chi connectivity index (χ0v) is 20.0.